The molecular formula is C22H29Br3F2N4. The fourth-order valence-corrected chi connectivity index (χ4v) is 4.77. The van der Waals surface area contributed by atoms with Gasteiger partial charge in [-0.05, 0) is 50.5 Å². The third-order valence-electron chi connectivity index (χ3n) is 4.88. The van der Waals surface area contributed by atoms with Crippen LogP contribution >= 0.6 is 47.8 Å². The summed E-state index contributed by atoms with van der Waals surface area (Å²) in [5, 5.41) is 3.27. The average Bonchev–Trinajstić information content (AvgIpc) is 2.68. The van der Waals surface area contributed by atoms with Crippen molar-refractivity contribution >= 4 is 53.5 Å². The van der Waals surface area contributed by atoms with Crippen LogP contribution < -0.4 is 10.2 Å². The van der Waals surface area contributed by atoms with Crippen molar-refractivity contribution in [3.63, 3.8) is 0 Å². The van der Waals surface area contributed by atoms with E-state index in [2.05, 4.69) is 81.9 Å². The number of benzene rings is 2. The second-order valence-corrected chi connectivity index (χ2v) is 10.3. The normalized spacial score (nSPS) is 17.3. The number of hydrogen-bond acceptors (Lipinski definition) is 4. The predicted molar refractivity (Wildman–Crippen MR) is 136 cm³/mol. The zero-order valence-corrected chi connectivity index (χ0v) is 22.6. The number of halogens is 5. The van der Waals surface area contributed by atoms with E-state index in [-0.39, 0.29) is 11.6 Å². The first-order chi connectivity index (χ1) is 14.7. The SMILES string of the molecule is CN1CCN(c2cc(F)cc(Br)c2)CC1.CN1CCNCC1.Fc1cc(Br)cc(Br)c1. The molecule has 4 nitrogen and oxygen atoms in total. The maximum Gasteiger partial charge on any atom is 0.126 e. The lowest BCUT2D eigenvalue weighted by Gasteiger charge is -2.34. The molecule has 2 aliphatic rings. The van der Waals surface area contributed by atoms with Crippen molar-refractivity contribution in [2.75, 3.05) is 71.4 Å². The van der Waals surface area contributed by atoms with Gasteiger partial charge in [0.15, 0.2) is 0 Å². The van der Waals surface area contributed by atoms with Gasteiger partial charge in [-0.25, -0.2) is 8.78 Å². The maximum atomic E-state index is 13.2. The van der Waals surface area contributed by atoms with Crippen LogP contribution in [0.4, 0.5) is 14.5 Å². The smallest absolute Gasteiger partial charge is 0.126 e. The topological polar surface area (TPSA) is 21.8 Å². The lowest BCUT2D eigenvalue weighted by Crippen LogP contribution is -2.44. The Hall–Kier alpha value is -0.580. The Morgan fingerprint density at radius 1 is 0.645 bits per heavy atom. The Morgan fingerprint density at radius 3 is 1.52 bits per heavy atom. The molecule has 4 rings (SSSR count). The third-order valence-corrected chi connectivity index (χ3v) is 6.26. The molecule has 1 N–H and O–H groups in total. The summed E-state index contributed by atoms with van der Waals surface area (Å²) in [5.74, 6) is -0.422. The molecule has 9 heteroatoms. The molecule has 2 fully saturated rings. The molecule has 172 valence electrons. The molecule has 0 saturated carbocycles. The maximum absolute atomic E-state index is 13.2. The van der Waals surface area contributed by atoms with Gasteiger partial charge in [0.2, 0.25) is 0 Å². The summed E-state index contributed by atoms with van der Waals surface area (Å²) in [7, 11) is 4.26. The standard InChI is InChI=1S/C11H14BrFN2.C6H3Br2F.C5H12N2/c1-14-2-4-15(5-3-14)11-7-9(12)6-10(13)8-11;7-4-1-5(8)3-6(9)2-4;1-7-4-2-6-3-5-7/h6-8H,2-5H2,1H3;1-3H;6H,2-5H2,1H3. The minimum Gasteiger partial charge on any atom is -0.369 e. The van der Waals surface area contributed by atoms with Gasteiger partial charge in [-0.15, -0.1) is 0 Å². The highest BCUT2D eigenvalue weighted by Crippen LogP contribution is 2.23. The first kappa shape index (κ1) is 26.7. The van der Waals surface area contributed by atoms with Crippen LogP contribution in [0.15, 0.2) is 49.8 Å². The molecule has 0 radical (unpaired) electrons. The van der Waals surface area contributed by atoms with Gasteiger partial charge in [-0.2, -0.15) is 0 Å². The van der Waals surface area contributed by atoms with Crippen LogP contribution in [-0.4, -0.2) is 76.3 Å². The minimum atomic E-state index is -0.240. The van der Waals surface area contributed by atoms with Crippen molar-refractivity contribution in [1.29, 1.82) is 0 Å². The van der Waals surface area contributed by atoms with Crippen LogP contribution in [-0.2, 0) is 0 Å². The Morgan fingerprint density at radius 2 is 1.10 bits per heavy atom. The van der Waals surface area contributed by atoms with Crippen molar-refractivity contribution < 1.29 is 8.78 Å². The number of anilines is 1. The van der Waals surface area contributed by atoms with Crippen molar-refractivity contribution in [3.8, 4) is 0 Å². The molecule has 31 heavy (non-hydrogen) atoms. The van der Waals surface area contributed by atoms with Crippen LogP contribution in [0.3, 0.4) is 0 Å². The van der Waals surface area contributed by atoms with Gasteiger partial charge < -0.3 is 20.0 Å². The van der Waals surface area contributed by atoms with E-state index in [0.717, 1.165) is 58.4 Å². The number of piperazine rings is 2. The highest BCUT2D eigenvalue weighted by molar-refractivity contribution is 9.11. The molecule has 0 spiro atoms. The van der Waals surface area contributed by atoms with Gasteiger partial charge in [-0.3, -0.25) is 0 Å². The third kappa shape index (κ3) is 10.7. The highest BCUT2D eigenvalue weighted by Gasteiger charge is 2.15. The molecule has 0 bridgehead atoms. The van der Waals surface area contributed by atoms with Crippen molar-refractivity contribution in [2.24, 2.45) is 0 Å². The molecule has 2 saturated heterocycles. The van der Waals surface area contributed by atoms with Gasteiger partial charge in [0.05, 0.1) is 0 Å². The van der Waals surface area contributed by atoms with E-state index >= 15 is 0 Å². The molecule has 0 amide bonds. The Balaban J connectivity index is 0.000000181. The summed E-state index contributed by atoms with van der Waals surface area (Å²) in [5.41, 5.74) is 0.968. The van der Waals surface area contributed by atoms with Crippen LogP contribution in [0.5, 0.6) is 0 Å². The van der Waals surface area contributed by atoms with Crippen molar-refractivity contribution in [3.05, 3.63) is 61.5 Å². The quantitative estimate of drug-likeness (QED) is 0.469. The molecule has 0 unspecified atom stereocenters. The molecule has 2 heterocycles. The van der Waals surface area contributed by atoms with E-state index in [0.29, 0.717) is 0 Å². The average molecular weight is 627 g/mol. The fourth-order valence-electron chi connectivity index (χ4n) is 3.08. The van der Waals surface area contributed by atoms with E-state index in [1.807, 2.05) is 6.07 Å². The monoisotopic (exact) mass is 624 g/mol. The molecule has 0 atom stereocenters. The van der Waals surface area contributed by atoms with E-state index in [9.17, 15) is 8.78 Å². The van der Waals surface area contributed by atoms with Gasteiger partial charge in [0.1, 0.15) is 11.6 Å². The summed E-state index contributed by atoms with van der Waals surface area (Å²) < 4.78 is 27.9. The van der Waals surface area contributed by atoms with Crippen LogP contribution in [0.1, 0.15) is 0 Å². The first-order valence-electron chi connectivity index (χ1n) is 10.1. The number of nitrogens with zero attached hydrogens (tertiary/aromatic N) is 3. The molecule has 0 aromatic heterocycles. The van der Waals surface area contributed by atoms with E-state index < -0.39 is 0 Å². The van der Waals surface area contributed by atoms with Crippen molar-refractivity contribution in [1.82, 2.24) is 15.1 Å². The van der Waals surface area contributed by atoms with Crippen LogP contribution in [0.25, 0.3) is 0 Å². The summed E-state index contributed by atoms with van der Waals surface area (Å²) >= 11 is 9.60. The first-order valence-corrected chi connectivity index (χ1v) is 12.5. The number of nitrogens with one attached hydrogen (secondary N) is 1. The number of rotatable bonds is 1. The minimum absolute atomic E-state index is 0.182. The second-order valence-electron chi connectivity index (χ2n) is 7.56. The zero-order valence-electron chi connectivity index (χ0n) is 17.9. The summed E-state index contributed by atoms with van der Waals surface area (Å²) in [4.78, 5) is 6.83. The Bertz CT molecular complexity index is 741. The number of likely N-dealkylation sites (N-methyl/N-ethyl adjacent to an activating group) is 2. The molecule has 2 aromatic rings. The Kier molecular flexibility index (Phi) is 11.9. The second kappa shape index (κ2) is 13.9. The van der Waals surface area contributed by atoms with Gasteiger partial charge in [0, 0.05) is 71.5 Å². The molecular weight excluding hydrogens is 598 g/mol. The molecule has 2 aromatic carbocycles. The predicted octanol–water partition coefficient (Wildman–Crippen LogP) is 5.21. The van der Waals surface area contributed by atoms with Gasteiger partial charge >= 0.3 is 0 Å². The largest absolute Gasteiger partial charge is 0.369 e. The zero-order chi connectivity index (χ0) is 22.8. The van der Waals surface area contributed by atoms with Gasteiger partial charge in [-0.1, -0.05) is 47.8 Å². The molecule has 2 aliphatic heterocycles. The van der Waals surface area contributed by atoms with E-state index in [1.165, 1.54) is 31.3 Å². The fraction of sp³-hybridized carbons (Fsp3) is 0.455. The lowest BCUT2D eigenvalue weighted by molar-refractivity contribution is 0.291. The summed E-state index contributed by atoms with van der Waals surface area (Å²) in [6, 6.07) is 9.64. The van der Waals surface area contributed by atoms with Crippen molar-refractivity contribution in [2.45, 2.75) is 0 Å². The lowest BCUT2D eigenvalue weighted by atomic mass is 10.2. The highest BCUT2D eigenvalue weighted by atomic mass is 79.9. The summed E-state index contributed by atoms with van der Waals surface area (Å²) in [6.07, 6.45) is 0. The number of hydrogen-bond donors (Lipinski definition) is 1. The van der Waals surface area contributed by atoms with Crippen LogP contribution in [0, 0.1) is 11.6 Å². The Labute approximate surface area is 209 Å². The van der Waals surface area contributed by atoms with Gasteiger partial charge in [0.25, 0.3) is 0 Å². The van der Waals surface area contributed by atoms with E-state index in [1.54, 1.807) is 12.1 Å². The van der Waals surface area contributed by atoms with E-state index in [4.69, 9.17) is 0 Å². The van der Waals surface area contributed by atoms with Crippen LogP contribution in [0.2, 0.25) is 0 Å². The molecule has 0 aliphatic carbocycles. The summed E-state index contributed by atoms with van der Waals surface area (Å²) in [6.45, 7) is 8.74.